The van der Waals surface area contributed by atoms with Crippen molar-refractivity contribution in [3.63, 3.8) is 0 Å². The van der Waals surface area contributed by atoms with Crippen LogP contribution >= 0.6 is 0 Å². The molecule has 0 fully saturated rings. The number of aromatic nitrogens is 2. The van der Waals surface area contributed by atoms with E-state index >= 15 is 0 Å². The second-order valence-corrected chi connectivity index (χ2v) is 6.33. The highest BCUT2D eigenvalue weighted by Gasteiger charge is 2.10. The summed E-state index contributed by atoms with van der Waals surface area (Å²) in [6.45, 7) is 2.26. The number of furan rings is 1. The number of para-hydroxylation sites is 1. The number of nitrogens with zero attached hydrogens (tertiary/aromatic N) is 2. The van der Waals surface area contributed by atoms with E-state index in [4.69, 9.17) is 9.15 Å². The minimum atomic E-state index is -0.471. The third kappa shape index (κ3) is 3.46. The quantitative estimate of drug-likeness (QED) is 0.519. The van der Waals surface area contributed by atoms with Crippen molar-refractivity contribution >= 4 is 33.6 Å². The highest BCUT2D eigenvalue weighted by Crippen LogP contribution is 2.29. The van der Waals surface area contributed by atoms with Gasteiger partial charge in [-0.05, 0) is 30.7 Å². The molecule has 0 saturated carbocycles. The Morgan fingerprint density at radius 2 is 2.00 bits per heavy atom. The Kier molecular flexibility index (Phi) is 4.80. The van der Waals surface area contributed by atoms with Crippen molar-refractivity contribution in [2.45, 2.75) is 20.0 Å². The molecule has 7 heteroatoms. The van der Waals surface area contributed by atoms with Crippen molar-refractivity contribution in [1.29, 1.82) is 0 Å². The van der Waals surface area contributed by atoms with E-state index in [9.17, 15) is 9.59 Å². The molecule has 2 aromatic carbocycles. The van der Waals surface area contributed by atoms with Crippen LogP contribution in [-0.4, -0.2) is 22.1 Å². The average Bonchev–Trinajstić information content (AvgIpc) is 3.07. The predicted octanol–water partition coefficient (Wildman–Crippen LogP) is 3.32. The summed E-state index contributed by atoms with van der Waals surface area (Å²) in [6, 6.07) is 13.8. The summed E-state index contributed by atoms with van der Waals surface area (Å²) in [5.74, 6) is -0.471. The number of nitrogens with one attached hydrogen (secondary N) is 1. The Hall–Kier alpha value is -3.61. The molecule has 0 aliphatic carbocycles. The predicted molar refractivity (Wildman–Crippen MR) is 106 cm³/mol. The van der Waals surface area contributed by atoms with E-state index in [1.807, 2.05) is 42.5 Å². The number of benzene rings is 2. The normalized spacial score (nSPS) is 11.0. The summed E-state index contributed by atoms with van der Waals surface area (Å²) in [5, 5.41) is 5.18. The van der Waals surface area contributed by atoms with Crippen molar-refractivity contribution in [1.82, 2.24) is 9.55 Å². The first-order chi connectivity index (χ1) is 13.7. The van der Waals surface area contributed by atoms with E-state index in [1.165, 1.54) is 17.1 Å². The van der Waals surface area contributed by atoms with Crippen molar-refractivity contribution in [2.24, 2.45) is 0 Å². The molecule has 2 aromatic heterocycles. The number of ether oxygens (including phenoxy) is 1. The third-order valence-corrected chi connectivity index (χ3v) is 4.43. The van der Waals surface area contributed by atoms with Crippen LogP contribution in [0.15, 0.2) is 64.2 Å². The number of hydrogen-bond acceptors (Lipinski definition) is 6. The van der Waals surface area contributed by atoms with Gasteiger partial charge in [0.05, 0.1) is 19.1 Å². The van der Waals surface area contributed by atoms with Gasteiger partial charge in [0.15, 0.2) is 0 Å². The lowest BCUT2D eigenvalue weighted by molar-refractivity contribution is -0.143. The van der Waals surface area contributed by atoms with Crippen molar-refractivity contribution in [2.75, 3.05) is 11.9 Å². The molecule has 2 heterocycles. The van der Waals surface area contributed by atoms with Gasteiger partial charge in [-0.25, -0.2) is 4.98 Å². The zero-order valence-corrected chi connectivity index (χ0v) is 15.3. The summed E-state index contributed by atoms with van der Waals surface area (Å²) in [5.41, 5.74) is 2.67. The first-order valence-corrected chi connectivity index (χ1v) is 9.00. The third-order valence-electron chi connectivity index (χ3n) is 4.43. The van der Waals surface area contributed by atoms with E-state index in [0.29, 0.717) is 12.2 Å². The van der Waals surface area contributed by atoms with Crippen LogP contribution in [0.3, 0.4) is 0 Å². The lowest BCUT2D eigenvalue weighted by Crippen LogP contribution is -2.27. The van der Waals surface area contributed by atoms with Crippen LogP contribution in [0.2, 0.25) is 0 Å². The van der Waals surface area contributed by atoms with E-state index in [1.54, 1.807) is 6.92 Å². The minimum Gasteiger partial charge on any atom is -0.465 e. The molecular weight excluding hydrogens is 358 g/mol. The molecule has 1 N–H and O–H groups in total. The van der Waals surface area contributed by atoms with E-state index in [-0.39, 0.29) is 18.7 Å². The monoisotopic (exact) mass is 377 g/mol. The van der Waals surface area contributed by atoms with Crippen molar-refractivity contribution < 1.29 is 13.9 Å². The number of carbonyl (C=O) groups is 1. The van der Waals surface area contributed by atoms with Gasteiger partial charge in [-0.15, -0.1) is 0 Å². The molecule has 0 unspecified atom stereocenters. The smallest absolute Gasteiger partial charge is 0.326 e. The Morgan fingerprint density at radius 1 is 1.18 bits per heavy atom. The summed E-state index contributed by atoms with van der Waals surface area (Å²) >= 11 is 0. The Morgan fingerprint density at radius 3 is 2.86 bits per heavy atom. The number of hydrogen-bond donors (Lipinski definition) is 1. The topological polar surface area (TPSA) is 86.4 Å². The standard InChI is InChI=1S/C21H19N3O4/c1-2-27-20(25)12-24-13-22-11-17(21(24)26)23-10-14-7-8-19-16(9-14)15-5-3-4-6-18(15)28-19/h3-9,11,13,23H,2,10,12H2,1H3. The minimum absolute atomic E-state index is 0.165. The van der Waals surface area contributed by atoms with Crippen LogP contribution in [0.1, 0.15) is 12.5 Å². The fraction of sp³-hybridized carbons (Fsp3) is 0.190. The maximum absolute atomic E-state index is 12.5. The van der Waals surface area contributed by atoms with Gasteiger partial charge in [0.2, 0.25) is 0 Å². The van der Waals surface area contributed by atoms with Gasteiger partial charge in [-0.1, -0.05) is 24.3 Å². The van der Waals surface area contributed by atoms with Crippen LogP contribution in [0, 0.1) is 0 Å². The zero-order valence-electron chi connectivity index (χ0n) is 15.3. The van der Waals surface area contributed by atoms with Crippen LogP contribution in [0.5, 0.6) is 0 Å². The molecule has 0 aliphatic heterocycles. The SMILES string of the molecule is CCOC(=O)Cn1cncc(NCc2ccc3oc4ccccc4c3c2)c1=O. The second kappa shape index (κ2) is 7.56. The molecule has 0 spiro atoms. The molecule has 0 atom stereocenters. The number of fused-ring (bicyclic) bond motifs is 3. The number of rotatable bonds is 6. The summed E-state index contributed by atoms with van der Waals surface area (Å²) in [7, 11) is 0. The summed E-state index contributed by atoms with van der Waals surface area (Å²) in [6.07, 6.45) is 2.78. The van der Waals surface area contributed by atoms with Crippen molar-refractivity contribution in [3.05, 3.63) is 70.9 Å². The number of anilines is 1. The van der Waals surface area contributed by atoms with Crippen LogP contribution in [-0.2, 0) is 22.6 Å². The molecule has 0 amide bonds. The molecule has 0 aliphatic rings. The maximum atomic E-state index is 12.5. The fourth-order valence-electron chi connectivity index (χ4n) is 3.11. The van der Waals surface area contributed by atoms with Gasteiger partial charge in [0.25, 0.3) is 5.56 Å². The van der Waals surface area contributed by atoms with Gasteiger partial charge in [-0.3, -0.25) is 14.2 Å². The Labute approximate surface area is 160 Å². The second-order valence-electron chi connectivity index (χ2n) is 6.33. The van der Waals surface area contributed by atoms with Gasteiger partial charge in [0, 0.05) is 17.3 Å². The molecule has 0 saturated heterocycles. The molecule has 7 nitrogen and oxygen atoms in total. The molecule has 0 radical (unpaired) electrons. The van der Waals surface area contributed by atoms with E-state index < -0.39 is 5.97 Å². The van der Waals surface area contributed by atoms with E-state index in [2.05, 4.69) is 10.3 Å². The molecule has 28 heavy (non-hydrogen) atoms. The first-order valence-electron chi connectivity index (χ1n) is 9.00. The molecular formula is C21H19N3O4. The number of esters is 1. The van der Waals surface area contributed by atoms with Gasteiger partial charge in [0.1, 0.15) is 23.4 Å². The van der Waals surface area contributed by atoms with Crippen LogP contribution in [0.4, 0.5) is 5.69 Å². The Bertz CT molecular complexity index is 1210. The van der Waals surface area contributed by atoms with Crippen LogP contribution < -0.4 is 10.9 Å². The Balaban J connectivity index is 1.55. The molecule has 4 rings (SSSR count). The molecule has 4 aromatic rings. The largest absolute Gasteiger partial charge is 0.465 e. The van der Waals surface area contributed by atoms with Crippen molar-refractivity contribution in [3.8, 4) is 0 Å². The lowest BCUT2D eigenvalue weighted by atomic mass is 10.1. The maximum Gasteiger partial charge on any atom is 0.326 e. The average molecular weight is 377 g/mol. The summed E-state index contributed by atoms with van der Waals surface area (Å²) in [4.78, 5) is 28.2. The number of carbonyl (C=O) groups excluding carboxylic acids is 1. The first kappa shape index (κ1) is 17.8. The van der Waals surface area contributed by atoms with Gasteiger partial charge >= 0.3 is 5.97 Å². The van der Waals surface area contributed by atoms with Gasteiger partial charge < -0.3 is 14.5 Å². The molecule has 142 valence electrons. The van der Waals surface area contributed by atoms with E-state index in [0.717, 1.165) is 27.5 Å². The van der Waals surface area contributed by atoms with Crippen LogP contribution in [0.25, 0.3) is 21.9 Å². The zero-order chi connectivity index (χ0) is 19.5. The lowest BCUT2D eigenvalue weighted by Gasteiger charge is -2.09. The van der Waals surface area contributed by atoms with Gasteiger partial charge in [-0.2, -0.15) is 0 Å². The fourth-order valence-corrected chi connectivity index (χ4v) is 3.11. The highest BCUT2D eigenvalue weighted by atomic mass is 16.5. The highest BCUT2D eigenvalue weighted by molar-refractivity contribution is 6.04. The summed E-state index contributed by atoms with van der Waals surface area (Å²) < 4.78 is 11.9. The molecule has 0 bridgehead atoms.